The van der Waals surface area contributed by atoms with E-state index in [1.54, 1.807) is 36.4 Å². The molecule has 0 spiro atoms. The number of anilines is 2. The summed E-state index contributed by atoms with van der Waals surface area (Å²) < 4.78 is 45.4. The molecule has 0 heterocycles. The van der Waals surface area contributed by atoms with E-state index in [0.29, 0.717) is 28.6 Å². The van der Waals surface area contributed by atoms with Crippen LogP contribution in [0.5, 0.6) is 17.2 Å². The number of nitrogens with zero attached hydrogens (tertiary/aromatic N) is 1. The number of methoxy groups -OCH3 is 3. The van der Waals surface area contributed by atoms with Crippen LogP contribution in [0.15, 0.2) is 59.5 Å². The average Bonchev–Trinajstić information content (AvgIpc) is 2.75. The third-order valence-corrected chi connectivity index (χ3v) is 6.78. The number of sulfonamides is 1. The lowest BCUT2D eigenvalue weighted by molar-refractivity contribution is 0.324. The molecule has 0 saturated heterocycles. The lowest BCUT2D eigenvalue weighted by atomic mass is 10.1. The Labute approximate surface area is 184 Å². The smallest absolute Gasteiger partial charge is 0.268 e. The maximum atomic E-state index is 13.9. The highest BCUT2D eigenvalue weighted by Crippen LogP contribution is 2.44. The van der Waals surface area contributed by atoms with Crippen molar-refractivity contribution in [1.29, 1.82) is 0 Å². The van der Waals surface area contributed by atoms with Crippen molar-refractivity contribution in [3.05, 3.63) is 71.3 Å². The van der Waals surface area contributed by atoms with Crippen molar-refractivity contribution in [1.82, 2.24) is 0 Å². The summed E-state index contributed by atoms with van der Waals surface area (Å²) in [6, 6.07) is 15.8. The Hall–Kier alpha value is -3.19. The van der Waals surface area contributed by atoms with Crippen LogP contribution in [0.25, 0.3) is 0 Å². The van der Waals surface area contributed by atoms with Gasteiger partial charge in [0.05, 0.1) is 37.6 Å². The molecule has 0 bridgehead atoms. The Morgan fingerprint density at radius 3 is 1.77 bits per heavy atom. The molecule has 31 heavy (non-hydrogen) atoms. The molecule has 164 valence electrons. The van der Waals surface area contributed by atoms with Crippen LogP contribution >= 0.6 is 0 Å². The summed E-state index contributed by atoms with van der Waals surface area (Å²) in [5, 5.41) is 0. The summed E-state index contributed by atoms with van der Waals surface area (Å²) in [6.45, 7) is 5.72. The zero-order valence-corrected chi connectivity index (χ0v) is 19.4. The number of benzene rings is 3. The van der Waals surface area contributed by atoms with Crippen molar-refractivity contribution in [3.8, 4) is 17.2 Å². The number of hydrogen-bond donors (Lipinski definition) is 0. The standard InChI is InChI=1S/C24H27NO5S/c1-16-8-11-20(12-9-16)31(26,27)25(21-13-17(2)7-10-18(21)3)19-14-22(28-4)24(30-6)23(15-19)29-5/h7-15H,1-6H3. The second-order valence-electron chi connectivity index (χ2n) is 7.26. The zero-order valence-electron chi connectivity index (χ0n) is 18.6. The second kappa shape index (κ2) is 8.89. The van der Waals surface area contributed by atoms with E-state index in [-0.39, 0.29) is 4.90 Å². The first-order chi connectivity index (χ1) is 14.7. The Morgan fingerprint density at radius 1 is 0.710 bits per heavy atom. The molecule has 0 amide bonds. The summed E-state index contributed by atoms with van der Waals surface area (Å²) in [5.74, 6) is 1.12. The molecule has 0 aromatic heterocycles. The number of ether oxygens (including phenoxy) is 3. The van der Waals surface area contributed by atoms with Crippen molar-refractivity contribution in [2.45, 2.75) is 25.7 Å². The van der Waals surface area contributed by atoms with Gasteiger partial charge in [-0.3, -0.25) is 0 Å². The molecule has 0 atom stereocenters. The van der Waals surface area contributed by atoms with Crippen LogP contribution in [0.1, 0.15) is 16.7 Å². The van der Waals surface area contributed by atoms with Crippen LogP contribution in [-0.2, 0) is 10.0 Å². The van der Waals surface area contributed by atoms with E-state index in [1.807, 2.05) is 39.0 Å². The highest BCUT2D eigenvalue weighted by atomic mass is 32.2. The van der Waals surface area contributed by atoms with Gasteiger partial charge in [0.1, 0.15) is 0 Å². The largest absolute Gasteiger partial charge is 0.493 e. The molecule has 0 unspecified atom stereocenters. The zero-order chi connectivity index (χ0) is 22.8. The van der Waals surface area contributed by atoms with E-state index < -0.39 is 10.0 Å². The predicted molar refractivity (Wildman–Crippen MR) is 123 cm³/mol. The van der Waals surface area contributed by atoms with Crippen molar-refractivity contribution < 1.29 is 22.6 Å². The topological polar surface area (TPSA) is 65.1 Å². The third kappa shape index (κ3) is 4.32. The van der Waals surface area contributed by atoms with Crippen LogP contribution in [0.2, 0.25) is 0 Å². The molecule has 0 aliphatic carbocycles. The maximum absolute atomic E-state index is 13.9. The van der Waals surface area contributed by atoms with Gasteiger partial charge in [-0.2, -0.15) is 0 Å². The number of rotatable bonds is 7. The molecule has 3 aromatic rings. The SMILES string of the molecule is COc1cc(N(c2cc(C)ccc2C)S(=O)(=O)c2ccc(C)cc2)cc(OC)c1OC. The first kappa shape index (κ1) is 22.5. The van der Waals surface area contributed by atoms with Crippen molar-refractivity contribution in [2.75, 3.05) is 25.6 Å². The van der Waals surface area contributed by atoms with Crippen LogP contribution in [0.4, 0.5) is 11.4 Å². The van der Waals surface area contributed by atoms with Crippen molar-refractivity contribution in [2.24, 2.45) is 0 Å². The quantitative estimate of drug-likeness (QED) is 0.506. The van der Waals surface area contributed by atoms with Crippen molar-refractivity contribution in [3.63, 3.8) is 0 Å². The minimum absolute atomic E-state index is 0.188. The first-order valence-electron chi connectivity index (χ1n) is 9.72. The lowest BCUT2D eigenvalue weighted by Gasteiger charge is -2.28. The van der Waals surface area contributed by atoms with Gasteiger partial charge in [0, 0.05) is 12.1 Å². The molecule has 0 saturated carbocycles. The van der Waals surface area contributed by atoms with Gasteiger partial charge in [0.25, 0.3) is 10.0 Å². The fraction of sp³-hybridized carbons (Fsp3) is 0.250. The third-order valence-electron chi connectivity index (χ3n) is 5.03. The lowest BCUT2D eigenvalue weighted by Crippen LogP contribution is -2.27. The molecular formula is C24H27NO5S. The van der Waals surface area contributed by atoms with Gasteiger partial charge in [-0.15, -0.1) is 0 Å². The minimum atomic E-state index is -3.95. The average molecular weight is 442 g/mol. The summed E-state index contributed by atoms with van der Waals surface area (Å²) in [6.07, 6.45) is 0. The molecular weight excluding hydrogens is 414 g/mol. The fourth-order valence-electron chi connectivity index (χ4n) is 3.35. The highest BCUT2D eigenvalue weighted by molar-refractivity contribution is 7.93. The normalized spacial score (nSPS) is 11.2. The van der Waals surface area contributed by atoms with Gasteiger partial charge >= 0.3 is 0 Å². The highest BCUT2D eigenvalue weighted by Gasteiger charge is 2.30. The van der Waals surface area contributed by atoms with Gasteiger partial charge < -0.3 is 14.2 Å². The first-order valence-corrected chi connectivity index (χ1v) is 11.2. The Morgan fingerprint density at radius 2 is 1.26 bits per heavy atom. The molecule has 7 heteroatoms. The fourth-order valence-corrected chi connectivity index (χ4v) is 4.88. The van der Waals surface area contributed by atoms with E-state index in [9.17, 15) is 8.42 Å². The molecule has 3 aromatic carbocycles. The van der Waals surface area contributed by atoms with E-state index in [1.165, 1.54) is 25.6 Å². The van der Waals surface area contributed by atoms with Gasteiger partial charge in [-0.1, -0.05) is 29.8 Å². The van der Waals surface area contributed by atoms with Gasteiger partial charge in [-0.25, -0.2) is 12.7 Å². The summed E-state index contributed by atoms with van der Waals surface area (Å²) in [4.78, 5) is 0.188. The maximum Gasteiger partial charge on any atom is 0.268 e. The Balaban J connectivity index is 2.35. The monoisotopic (exact) mass is 441 g/mol. The van der Waals surface area contributed by atoms with Crippen LogP contribution < -0.4 is 18.5 Å². The molecule has 0 aliphatic rings. The second-order valence-corrected chi connectivity index (χ2v) is 9.04. The Kier molecular flexibility index (Phi) is 6.45. The Bertz CT molecular complexity index is 1160. The molecule has 3 rings (SSSR count). The van der Waals surface area contributed by atoms with Gasteiger partial charge in [0.15, 0.2) is 11.5 Å². The molecule has 0 radical (unpaired) electrons. The molecule has 0 aliphatic heterocycles. The summed E-state index contributed by atoms with van der Waals surface area (Å²) in [5.41, 5.74) is 3.66. The summed E-state index contributed by atoms with van der Waals surface area (Å²) in [7, 11) is 0.550. The van der Waals surface area contributed by atoms with E-state index in [2.05, 4.69) is 0 Å². The van der Waals surface area contributed by atoms with Crippen LogP contribution in [0.3, 0.4) is 0 Å². The van der Waals surface area contributed by atoms with E-state index in [0.717, 1.165) is 16.7 Å². The predicted octanol–water partition coefficient (Wildman–Crippen LogP) is 5.16. The van der Waals surface area contributed by atoms with Crippen molar-refractivity contribution >= 4 is 21.4 Å². The molecule has 0 N–H and O–H groups in total. The molecule has 6 nitrogen and oxygen atoms in total. The van der Waals surface area contributed by atoms with Crippen LogP contribution in [-0.4, -0.2) is 29.7 Å². The summed E-state index contributed by atoms with van der Waals surface area (Å²) >= 11 is 0. The molecule has 0 fully saturated rings. The number of hydrogen-bond acceptors (Lipinski definition) is 5. The van der Waals surface area contributed by atoms with Crippen LogP contribution in [0, 0.1) is 20.8 Å². The van der Waals surface area contributed by atoms with Gasteiger partial charge in [-0.05, 0) is 50.1 Å². The van der Waals surface area contributed by atoms with Gasteiger partial charge in [0.2, 0.25) is 5.75 Å². The minimum Gasteiger partial charge on any atom is -0.493 e. The van der Waals surface area contributed by atoms with E-state index >= 15 is 0 Å². The van der Waals surface area contributed by atoms with E-state index in [4.69, 9.17) is 14.2 Å². The number of aryl methyl sites for hydroxylation is 3.